The fourth-order valence-corrected chi connectivity index (χ4v) is 3.26. The summed E-state index contributed by atoms with van der Waals surface area (Å²) in [6, 6.07) is -4.27. The fourth-order valence-electron chi connectivity index (χ4n) is 2.63. The summed E-state index contributed by atoms with van der Waals surface area (Å²) in [6.45, 7) is 3.55. The predicted octanol–water partition coefficient (Wildman–Crippen LogP) is -1.15. The Hall–Kier alpha value is -1.99. The van der Waals surface area contributed by atoms with Crippen LogP contribution in [0, 0.1) is 5.92 Å². The molecule has 0 radical (unpaired) electrons. The van der Waals surface area contributed by atoms with Crippen LogP contribution in [0.5, 0.6) is 0 Å². The monoisotopic (exact) mass is 493 g/mol. The van der Waals surface area contributed by atoms with Gasteiger partial charge >= 0.3 is 5.97 Å². The number of thiol groups is 1. The molecule has 0 aliphatic heterocycles. The first kappa shape index (κ1) is 30.0. The van der Waals surface area contributed by atoms with Crippen molar-refractivity contribution >= 4 is 54.0 Å². The second kappa shape index (κ2) is 15.8. The lowest BCUT2D eigenvalue weighted by Gasteiger charge is -2.28. The van der Waals surface area contributed by atoms with Crippen LogP contribution in [0.15, 0.2) is 0 Å². The molecule has 0 rings (SSSR count). The Kier molecular flexibility index (Phi) is 14.8. The number of rotatable bonds is 16. The second-order valence-corrected chi connectivity index (χ2v) is 8.76. The van der Waals surface area contributed by atoms with Crippen LogP contribution in [0.25, 0.3) is 0 Å². The molecule has 5 unspecified atom stereocenters. The lowest BCUT2D eigenvalue weighted by Crippen LogP contribution is -2.59. The average Bonchev–Trinajstić information content (AvgIpc) is 2.75. The van der Waals surface area contributed by atoms with Crippen LogP contribution in [0.4, 0.5) is 0 Å². The molecule has 0 aromatic rings. The molecule has 0 spiro atoms. The van der Waals surface area contributed by atoms with Crippen LogP contribution < -0.4 is 27.4 Å². The second-order valence-electron chi connectivity index (χ2n) is 7.41. The number of hydrogen-bond acceptors (Lipinski definition) is 8. The number of aliphatic carboxylic acids is 1. The number of nitrogens with one attached hydrogen (secondary N) is 3. The summed E-state index contributed by atoms with van der Waals surface area (Å²) < 4.78 is 0. The molecule has 0 aromatic heterocycles. The molecule has 0 heterocycles. The van der Waals surface area contributed by atoms with Gasteiger partial charge in [-0.15, -0.1) is 0 Å². The molecular formula is C19H35N5O6S2. The van der Waals surface area contributed by atoms with Crippen molar-refractivity contribution in [1.82, 2.24) is 16.0 Å². The number of hydrogen-bond donors (Lipinski definition) is 7. The van der Waals surface area contributed by atoms with E-state index in [-0.39, 0.29) is 30.9 Å². The van der Waals surface area contributed by atoms with Gasteiger partial charge in [0.1, 0.15) is 18.1 Å². The number of nitrogens with two attached hydrogens (primary N) is 2. The van der Waals surface area contributed by atoms with Crippen LogP contribution in [-0.4, -0.2) is 76.6 Å². The summed E-state index contributed by atoms with van der Waals surface area (Å²) in [5, 5.41) is 16.9. The third-order valence-electron chi connectivity index (χ3n) is 4.86. The van der Waals surface area contributed by atoms with Crippen molar-refractivity contribution in [3.8, 4) is 0 Å². The molecule has 0 saturated carbocycles. The quantitative estimate of drug-likeness (QED) is 0.131. The zero-order chi connectivity index (χ0) is 24.8. The molecule has 0 fully saturated rings. The Balaban J connectivity index is 5.52. The summed E-state index contributed by atoms with van der Waals surface area (Å²) in [7, 11) is 0. The molecule has 11 nitrogen and oxygen atoms in total. The van der Waals surface area contributed by atoms with Crippen LogP contribution in [-0.2, 0) is 24.0 Å². The highest BCUT2D eigenvalue weighted by molar-refractivity contribution is 7.98. The number of carbonyl (C=O) groups excluding carboxylic acids is 4. The van der Waals surface area contributed by atoms with Gasteiger partial charge in [0.05, 0.1) is 6.04 Å². The molecule has 0 aliphatic rings. The van der Waals surface area contributed by atoms with Crippen LogP contribution in [0.3, 0.4) is 0 Å². The largest absolute Gasteiger partial charge is 0.480 e. The highest BCUT2D eigenvalue weighted by Crippen LogP contribution is 2.11. The van der Waals surface area contributed by atoms with Crippen molar-refractivity contribution in [2.45, 2.75) is 63.7 Å². The summed E-state index contributed by atoms with van der Waals surface area (Å²) >= 11 is 5.39. The van der Waals surface area contributed by atoms with E-state index in [2.05, 4.69) is 28.6 Å². The molecule has 184 valence electrons. The third kappa shape index (κ3) is 11.0. The van der Waals surface area contributed by atoms with Crippen molar-refractivity contribution in [2.24, 2.45) is 17.4 Å². The number of carbonyl (C=O) groups is 5. The maximum atomic E-state index is 12.9. The van der Waals surface area contributed by atoms with E-state index in [1.807, 2.05) is 13.2 Å². The minimum atomic E-state index is -1.17. The third-order valence-corrected chi connectivity index (χ3v) is 5.90. The summed E-state index contributed by atoms with van der Waals surface area (Å²) in [6.07, 6.45) is 2.30. The van der Waals surface area contributed by atoms with Gasteiger partial charge in [-0.05, 0) is 30.8 Å². The first-order chi connectivity index (χ1) is 15.0. The maximum absolute atomic E-state index is 12.9. The van der Waals surface area contributed by atoms with Gasteiger partial charge in [-0.2, -0.15) is 24.4 Å². The molecule has 0 aliphatic carbocycles. The Morgan fingerprint density at radius 1 is 1.00 bits per heavy atom. The Morgan fingerprint density at radius 3 is 2.06 bits per heavy atom. The molecular weight excluding hydrogens is 458 g/mol. The lowest BCUT2D eigenvalue weighted by molar-refractivity contribution is -0.142. The maximum Gasteiger partial charge on any atom is 0.326 e. The van der Waals surface area contributed by atoms with E-state index in [0.29, 0.717) is 12.2 Å². The molecule has 5 atom stereocenters. The van der Waals surface area contributed by atoms with E-state index in [4.69, 9.17) is 11.5 Å². The van der Waals surface area contributed by atoms with Crippen LogP contribution >= 0.6 is 24.4 Å². The van der Waals surface area contributed by atoms with Crippen molar-refractivity contribution in [3.05, 3.63) is 0 Å². The lowest BCUT2D eigenvalue weighted by atomic mass is 9.97. The topological polar surface area (TPSA) is 194 Å². The van der Waals surface area contributed by atoms with Crippen LogP contribution in [0.2, 0.25) is 0 Å². The minimum Gasteiger partial charge on any atom is -0.480 e. The van der Waals surface area contributed by atoms with E-state index >= 15 is 0 Å². The van der Waals surface area contributed by atoms with Crippen molar-refractivity contribution in [3.63, 3.8) is 0 Å². The Labute approximate surface area is 198 Å². The van der Waals surface area contributed by atoms with Crippen molar-refractivity contribution in [1.29, 1.82) is 0 Å². The summed E-state index contributed by atoms with van der Waals surface area (Å²) in [5.41, 5.74) is 10.8. The van der Waals surface area contributed by atoms with E-state index in [1.165, 1.54) is 11.8 Å². The normalized spacial score (nSPS) is 15.5. The highest BCUT2D eigenvalue weighted by Gasteiger charge is 2.32. The van der Waals surface area contributed by atoms with Crippen molar-refractivity contribution in [2.75, 3.05) is 17.8 Å². The summed E-state index contributed by atoms with van der Waals surface area (Å²) in [4.78, 5) is 60.5. The van der Waals surface area contributed by atoms with Gasteiger partial charge in [-0.1, -0.05) is 20.3 Å². The van der Waals surface area contributed by atoms with E-state index in [9.17, 15) is 29.1 Å². The van der Waals surface area contributed by atoms with Gasteiger partial charge in [-0.25, -0.2) is 4.79 Å². The van der Waals surface area contributed by atoms with E-state index in [1.54, 1.807) is 6.92 Å². The minimum absolute atomic E-state index is 0.0422. The molecule has 0 saturated heterocycles. The van der Waals surface area contributed by atoms with Crippen LogP contribution in [0.1, 0.15) is 39.5 Å². The zero-order valence-electron chi connectivity index (χ0n) is 18.6. The number of thioether (sulfide) groups is 1. The van der Waals surface area contributed by atoms with E-state index in [0.717, 1.165) is 0 Å². The molecule has 4 amide bonds. The zero-order valence-corrected chi connectivity index (χ0v) is 20.3. The molecule has 32 heavy (non-hydrogen) atoms. The van der Waals surface area contributed by atoms with Crippen molar-refractivity contribution < 1.29 is 29.1 Å². The Morgan fingerprint density at radius 2 is 1.59 bits per heavy atom. The van der Waals surface area contributed by atoms with Gasteiger partial charge in [-0.3, -0.25) is 19.2 Å². The first-order valence-electron chi connectivity index (χ1n) is 10.3. The molecule has 13 heteroatoms. The van der Waals surface area contributed by atoms with Gasteiger partial charge in [0.2, 0.25) is 23.6 Å². The first-order valence-corrected chi connectivity index (χ1v) is 12.3. The summed E-state index contributed by atoms with van der Waals surface area (Å²) in [5.74, 6) is -3.59. The number of carboxylic acid groups (broad SMARTS) is 1. The van der Waals surface area contributed by atoms with Gasteiger partial charge in [0.15, 0.2) is 0 Å². The molecule has 0 aromatic carbocycles. The highest BCUT2D eigenvalue weighted by atomic mass is 32.2. The fraction of sp³-hybridized carbons (Fsp3) is 0.737. The number of primary amides is 1. The molecule has 0 bridgehead atoms. The van der Waals surface area contributed by atoms with Gasteiger partial charge < -0.3 is 32.5 Å². The number of carboxylic acids is 1. The smallest absolute Gasteiger partial charge is 0.326 e. The van der Waals surface area contributed by atoms with Gasteiger partial charge in [0.25, 0.3) is 0 Å². The average molecular weight is 494 g/mol. The Bertz CT molecular complexity index is 666. The predicted molar refractivity (Wildman–Crippen MR) is 126 cm³/mol. The standard InChI is InChI=1S/C19H35N5O6S2/c1-4-10(2)15(18(28)23-13(19(29)30)7-8-32-3)24-17(27)12(5-6-14(21)25)22-16(26)11(20)9-31/h10-13,15,31H,4-9,20H2,1-3H3,(H2,21,25)(H,22,26)(H,23,28)(H,24,27)(H,29,30). The number of amides is 4. The SMILES string of the molecule is CCC(C)C(NC(=O)C(CCC(N)=O)NC(=O)C(N)CS)C(=O)NC(CCSC)C(=O)O. The molecule has 8 N–H and O–H groups in total. The van der Waals surface area contributed by atoms with Gasteiger partial charge in [0, 0.05) is 12.2 Å². The van der Waals surface area contributed by atoms with E-state index < -0.39 is 53.8 Å².